The second kappa shape index (κ2) is 11.9. The van der Waals surface area contributed by atoms with Crippen LogP contribution in [0.25, 0.3) is 6.08 Å². The molecule has 0 saturated heterocycles. The molecule has 0 spiro atoms. The molecule has 1 amide bonds. The number of anilines is 1. The van der Waals surface area contributed by atoms with Gasteiger partial charge in [0.05, 0.1) is 24.4 Å². The molecular weight excluding hydrogens is 517 g/mol. The zero-order chi connectivity index (χ0) is 22.8. The Bertz CT molecular complexity index is 955. The van der Waals surface area contributed by atoms with Crippen molar-refractivity contribution in [3.63, 3.8) is 0 Å². The lowest BCUT2D eigenvalue weighted by Gasteiger charge is -2.15. The Kier molecular flexibility index (Phi) is 9.32. The van der Waals surface area contributed by atoms with Crippen LogP contribution in [0.15, 0.2) is 48.0 Å². The van der Waals surface area contributed by atoms with Gasteiger partial charge in [0.15, 0.2) is 18.1 Å². The van der Waals surface area contributed by atoms with Crippen LogP contribution in [0.5, 0.6) is 11.5 Å². The zero-order valence-electron chi connectivity index (χ0n) is 17.3. The molecule has 0 aliphatic rings. The normalized spacial score (nSPS) is 9.94. The van der Waals surface area contributed by atoms with Gasteiger partial charge >= 0.3 is 11.9 Å². The Morgan fingerprint density at radius 2 is 1.65 bits per heavy atom. The van der Waals surface area contributed by atoms with Crippen molar-refractivity contribution in [2.24, 2.45) is 0 Å². The summed E-state index contributed by atoms with van der Waals surface area (Å²) in [6, 6.07) is 12.3. The van der Waals surface area contributed by atoms with Crippen LogP contribution >= 0.6 is 22.6 Å². The van der Waals surface area contributed by atoms with Crippen LogP contribution in [-0.4, -0.2) is 45.3 Å². The Morgan fingerprint density at radius 3 is 2.23 bits per heavy atom. The lowest BCUT2D eigenvalue weighted by atomic mass is 10.1. The zero-order valence-corrected chi connectivity index (χ0v) is 19.4. The van der Waals surface area contributed by atoms with Gasteiger partial charge in [-0.25, -0.2) is 9.59 Å². The first-order chi connectivity index (χ1) is 14.9. The Balaban J connectivity index is 2.27. The van der Waals surface area contributed by atoms with Gasteiger partial charge in [0.1, 0.15) is 5.57 Å². The highest BCUT2D eigenvalue weighted by molar-refractivity contribution is 14.1. The van der Waals surface area contributed by atoms with Gasteiger partial charge in [0.25, 0.3) is 5.91 Å². The number of esters is 2. The molecule has 1 N–H and O–H groups in total. The number of carbonyl (C=O) groups is 3. The van der Waals surface area contributed by atoms with Crippen molar-refractivity contribution < 1.29 is 33.3 Å². The average Bonchev–Trinajstić information content (AvgIpc) is 2.76. The van der Waals surface area contributed by atoms with Crippen molar-refractivity contribution in [2.45, 2.75) is 6.92 Å². The maximum atomic E-state index is 12.2. The van der Waals surface area contributed by atoms with Gasteiger partial charge in [-0.15, -0.1) is 0 Å². The summed E-state index contributed by atoms with van der Waals surface area (Å²) < 4.78 is 21.3. The van der Waals surface area contributed by atoms with E-state index < -0.39 is 11.9 Å². The molecule has 9 heteroatoms. The first-order valence-electron chi connectivity index (χ1n) is 9.22. The molecular formula is C22H22INO7. The molecule has 2 rings (SSSR count). The van der Waals surface area contributed by atoms with Gasteiger partial charge in [0.2, 0.25) is 0 Å². The van der Waals surface area contributed by atoms with Crippen LogP contribution in [-0.2, 0) is 23.9 Å². The molecule has 164 valence electrons. The van der Waals surface area contributed by atoms with E-state index in [-0.39, 0.29) is 18.1 Å². The Morgan fingerprint density at radius 1 is 1.00 bits per heavy atom. The van der Waals surface area contributed by atoms with Crippen molar-refractivity contribution in [3.05, 3.63) is 57.2 Å². The summed E-state index contributed by atoms with van der Waals surface area (Å²) in [5, 5.41) is 2.74. The molecule has 0 saturated carbocycles. The maximum Gasteiger partial charge on any atom is 0.345 e. The Hall–Kier alpha value is -3.08. The molecule has 31 heavy (non-hydrogen) atoms. The van der Waals surface area contributed by atoms with Gasteiger partial charge < -0.3 is 24.3 Å². The van der Waals surface area contributed by atoms with Crippen molar-refractivity contribution in [1.29, 1.82) is 0 Å². The van der Waals surface area contributed by atoms with Gasteiger partial charge in [-0.3, -0.25) is 4.79 Å². The van der Waals surface area contributed by atoms with Crippen LogP contribution in [0.2, 0.25) is 0 Å². The standard InChI is InChI=1S/C22H22INO7/c1-4-30-18-12-14(10-16(21(26)28-2)22(27)29-3)11-17(23)20(18)31-13-19(25)24-15-8-6-5-7-9-15/h5-12H,4,13H2,1-3H3,(H,24,25). The number of methoxy groups -OCH3 is 2. The summed E-state index contributed by atoms with van der Waals surface area (Å²) in [4.78, 5) is 36.0. The van der Waals surface area contributed by atoms with E-state index >= 15 is 0 Å². The highest BCUT2D eigenvalue weighted by Crippen LogP contribution is 2.35. The number of hydrogen-bond acceptors (Lipinski definition) is 7. The second-order valence-electron chi connectivity index (χ2n) is 6.01. The first kappa shape index (κ1) is 24.2. The van der Waals surface area contributed by atoms with E-state index in [4.69, 9.17) is 9.47 Å². The first-order valence-corrected chi connectivity index (χ1v) is 10.3. The molecule has 8 nitrogen and oxygen atoms in total. The van der Waals surface area contributed by atoms with Crippen LogP contribution in [0.4, 0.5) is 5.69 Å². The quantitative estimate of drug-likeness (QED) is 0.171. The molecule has 0 aliphatic carbocycles. The van der Waals surface area contributed by atoms with E-state index in [2.05, 4.69) is 14.8 Å². The molecule has 2 aromatic rings. The minimum atomic E-state index is -0.822. The monoisotopic (exact) mass is 539 g/mol. The van der Waals surface area contributed by atoms with E-state index in [1.54, 1.807) is 31.2 Å². The number of rotatable bonds is 9. The highest BCUT2D eigenvalue weighted by Gasteiger charge is 2.21. The summed E-state index contributed by atoms with van der Waals surface area (Å²) >= 11 is 2.02. The van der Waals surface area contributed by atoms with Crippen LogP contribution < -0.4 is 14.8 Å². The van der Waals surface area contributed by atoms with Crippen molar-refractivity contribution in [2.75, 3.05) is 32.8 Å². The fraction of sp³-hybridized carbons (Fsp3) is 0.227. The predicted octanol–water partition coefficient (Wildman–Crippen LogP) is 3.44. The Labute approximate surface area is 193 Å². The minimum absolute atomic E-state index is 0.226. The topological polar surface area (TPSA) is 100 Å². The molecule has 0 heterocycles. The number of nitrogens with one attached hydrogen (secondary N) is 1. The van der Waals surface area contributed by atoms with Crippen molar-refractivity contribution >= 4 is 52.2 Å². The number of ether oxygens (including phenoxy) is 4. The van der Waals surface area contributed by atoms with E-state index in [0.717, 1.165) is 0 Å². The van der Waals surface area contributed by atoms with Gasteiger partial charge in [-0.2, -0.15) is 0 Å². The summed E-state index contributed by atoms with van der Waals surface area (Å²) in [5.41, 5.74) is 0.897. The van der Waals surface area contributed by atoms with Gasteiger partial charge in [-0.05, 0) is 65.4 Å². The number of carbonyl (C=O) groups excluding carboxylic acids is 3. The molecule has 0 unspecified atom stereocenters. The van der Waals surface area contributed by atoms with Crippen LogP contribution in [0.3, 0.4) is 0 Å². The summed E-state index contributed by atoms with van der Waals surface area (Å²) in [6.45, 7) is 1.92. The summed E-state index contributed by atoms with van der Waals surface area (Å²) in [5.74, 6) is -1.23. The molecule has 0 radical (unpaired) electrons. The number of halogens is 1. The minimum Gasteiger partial charge on any atom is -0.490 e. The third-order valence-electron chi connectivity index (χ3n) is 3.86. The third-order valence-corrected chi connectivity index (χ3v) is 4.66. The van der Waals surface area contributed by atoms with E-state index in [9.17, 15) is 14.4 Å². The van der Waals surface area contributed by atoms with Crippen molar-refractivity contribution in [1.82, 2.24) is 0 Å². The van der Waals surface area contributed by atoms with Crippen LogP contribution in [0.1, 0.15) is 12.5 Å². The number of benzene rings is 2. The maximum absolute atomic E-state index is 12.2. The van der Waals surface area contributed by atoms with Gasteiger partial charge in [0, 0.05) is 5.69 Å². The summed E-state index contributed by atoms with van der Waals surface area (Å²) in [7, 11) is 2.35. The SMILES string of the molecule is CCOc1cc(C=C(C(=O)OC)C(=O)OC)cc(I)c1OCC(=O)Nc1ccccc1. The molecule has 0 bridgehead atoms. The predicted molar refractivity (Wildman–Crippen MR) is 123 cm³/mol. The fourth-order valence-corrected chi connectivity index (χ4v) is 3.30. The van der Waals surface area contributed by atoms with Crippen molar-refractivity contribution in [3.8, 4) is 11.5 Å². The summed E-state index contributed by atoms with van der Waals surface area (Å²) in [6.07, 6.45) is 1.34. The van der Waals surface area contributed by atoms with E-state index in [0.29, 0.717) is 32.9 Å². The van der Waals surface area contributed by atoms with E-state index in [1.165, 1.54) is 20.3 Å². The number of amides is 1. The smallest absolute Gasteiger partial charge is 0.345 e. The highest BCUT2D eigenvalue weighted by atomic mass is 127. The molecule has 2 aromatic carbocycles. The molecule has 0 atom stereocenters. The second-order valence-corrected chi connectivity index (χ2v) is 7.17. The number of hydrogen-bond donors (Lipinski definition) is 1. The molecule has 0 aliphatic heterocycles. The van der Waals surface area contributed by atoms with Crippen LogP contribution in [0, 0.1) is 3.57 Å². The lowest BCUT2D eigenvalue weighted by Crippen LogP contribution is -2.20. The average molecular weight is 539 g/mol. The fourth-order valence-electron chi connectivity index (χ4n) is 2.52. The number of para-hydroxylation sites is 1. The third kappa shape index (κ3) is 6.99. The molecule has 0 aromatic heterocycles. The lowest BCUT2D eigenvalue weighted by molar-refractivity contribution is -0.143. The molecule has 0 fully saturated rings. The van der Waals surface area contributed by atoms with Gasteiger partial charge in [-0.1, -0.05) is 18.2 Å². The van der Waals surface area contributed by atoms with E-state index in [1.807, 2.05) is 40.8 Å². The largest absolute Gasteiger partial charge is 0.490 e.